The molecule has 0 fully saturated rings. The van der Waals surface area contributed by atoms with Crippen molar-refractivity contribution in [2.75, 3.05) is 5.32 Å². The molecule has 0 saturated carbocycles. The number of anilines is 1. The predicted molar refractivity (Wildman–Crippen MR) is 65.5 cm³/mol. The van der Waals surface area contributed by atoms with Gasteiger partial charge in [-0.1, -0.05) is 17.7 Å². The lowest BCUT2D eigenvalue weighted by Crippen LogP contribution is -2.08. The molecular formula is C11H8ClFN4O. The molecular weight excluding hydrogens is 259 g/mol. The Kier molecular flexibility index (Phi) is 3.69. The third-order valence-electron chi connectivity index (χ3n) is 2.03. The summed E-state index contributed by atoms with van der Waals surface area (Å²) in [4.78, 5) is 15.2. The van der Waals surface area contributed by atoms with Crippen LogP contribution < -0.4 is 5.32 Å². The number of nitrogens with one attached hydrogen (secondary N) is 2. The highest BCUT2D eigenvalue weighted by atomic mass is 35.5. The minimum atomic E-state index is -0.500. The Hall–Kier alpha value is -2.21. The number of amides is 1. The maximum absolute atomic E-state index is 12.9. The fraction of sp³-hybridized carbons (Fsp3) is 0. The van der Waals surface area contributed by atoms with E-state index in [1.54, 1.807) is 0 Å². The van der Waals surface area contributed by atoms with Gasteiger partial charge in [0, 0.05) is 6.08 Å². The maximum Gasteiger partial charge on any atom is 0.250 e. The van der Waals surface area contributed by atoms with Crippen LogP contribution in [-0.2, 0) is 4.79 Å². The van der Waals surface area contributed by atoms with E-state index in [2.05, 4.69) is 20.5 Å². The summed E-state index contributed by atoms with van der Waals surface area (Å²) < 4.78 is 12.9. The molecule has 0 unspecified atom stereocenters. The molecule has 1 aromatic carbocycles. The van der Waals surface area contributed by atoms with Crippen LogP contribution in [0.2, 0.25) is 5.02 Å². The van der Waals surface area contributed by atoms with E-state index >= 15 is 0 Å². The molecule has 18 heavy (non-hydrogen) atoms. The van der Waals surface area contributed by atoms with Crippen LogP contribution in [-0.4, -0.2) is 21.1 Å². The van der Waals surface area contributed by atoms with E-state index < -0.39 is 5.82 Å². The highest BCUT2D eigenvalue weighted by Crippen LogP contribution is 2.16. The normalized spacial score (nSPS) is 10.8. The second kappa shape index (κ2) is 5.42. The number of carbonyl (C=O) groups excluding carboxylic acids is 1. The molecule has 1 aromatic heterocycles. The molecule has 92 valence electrons. The summed E-state index contributed by atoms with van der Waals surface area (Å²) in [7, 11) is 0. The first-order valence-corrected chi connectivity index (χ1v) is 5.32. The van der Waals surface area contributed by atoms with Gasteiger partial charge in [-0.3, -0.25) is 10.1 Å². The zero-order valence-electron chi connectivity index (χ0n) is 9.02. The molecule has 2 aromatic rings. The highest BCUT2D eigenvalue weighted by Gasteiger charge is 2.01. The molecule has 0 spiro atoms. The van der Waals surface area contributed by atoms with Crippen LogP contribution >= 0.6 is 11.6 Å². The van der Waals surface area contributed by atoms with Gasteiger partial charge in [0.05, 0.1) is 5.02 Å². The Balaban J connectivity index is 2.01. The van der Waals surface area contributed by atoms with Crippen LogP contribution in [0.25, 0.3) is 6.08 Å². The summed E-state index contributed by atoms with van der Waals surface area (Å²) in [6, 6.07) is 4.17. The van der Waals surface area contributed by atoms with Crippen molar-refractivity contribution in [2.45, 2.75) is 0 Å². The van der Waals surface area contributed by atoms with E-state index in [1.807, 2.05) is 0 Å². The molecule has 0 bridgehead atoms. The summed E-state index contributed by atoms with van der Waals surface area (Å²) in [5, 5.41) is 8.53. The van der Waals surface area contributed by atoms with Crippen LogP contribution in [0.1, 0.15) is 5.56 Å². The Morgan fingerprint density at radius 2 is 2.33 bits per heavy atom. The minimum Gasteiger partial charge on any atom is -0.291 e. The molecule has 5 nitrogen and oxygen atoms in total. The van der Waals surface area contributed by atoms with Gasteiger partial charge in [0.15, 0.2) is 0 Å². The van der Waals surface area contributed by atoms with E-state index in [0.717, 1.165) is 0 Å². The van der Waals surface area contributed by atoms with Gasteiger partial charge in [-0.15, -0.1) is 0 Å². The van der Waals surface area contributed by atoms with Crippen molar-refractivity contribution in [2.24, 2.45) is 0 Å². The van der Waals surface area contributed by atoms with Gasteiger partial charge in [-0.05, 0) is 23.8 Å². The Morgan fingerprint density at radius 1 is 1.50 bits per heavy atom. The molecule has 1 amide bonds. The van der Waals surface area contributed by atoms with E-state index in [9.17, 15) is 9.18 Å². The summed E-state index contributed by atoms with van der Waals surface area (Å²) in [5.74, 6) is -0.631. The zero-order chi connectivity index (χ0) is 13.0. The molecule has 0 aliphatic heterocycles. The van der Waals surface area contributed by atoms with Gasteiger partial charge >= 0.3 is 0 Å². The number of hydrogen-bond donors (Lipinski definition) is 2. The quantitative estimate of drug-likeness (QED) is 0.837. The molecule has 0 aliphatic rings. The fourth-order valence-corrected chi connectivity index (χ4v) is 1.40. The van der Waals surface area contributed by atoms with E-state index in [0.29, 0.717) is 5.56 Å². The predicted octanol–water partition coefficient (Wildman–Crippen LogP) is 2.25. The van der Waals surface area contributed by atoms with Crippen molar-refractivity contribution in [3.05, 3.63) is 47.0 Å². The molecule has 1 heterocycles. The SMILES string of the molecule is O=C(C=Cc1ccc(F)c(Cl)c1)Nc1ncn[nH]1. The topological polar surface area (TPSA) is 70.7 Å². The molecule has 7 heteroatoms. The number of H-pyrrole nitrogens is 1. The van der Waals surface area contributed by atoms with Gasteiger partial charge in [-0.2, -0.15) is 10.1 Å². The zero-order valence-corrected chi connectivity index (χ0v) is 9.78. The van der Waals surface area contributed by atoms with E-state index in [1.165, 1.54) is 36.7 Å². The monoisotopic (exact) mass is 266 g/mol. The lowest BCUT2D eigenvalue weighted by atomic mass is 10.2. The second-order valence-corrected chi connectivity index (χ2v) is 3.74. The van der Waals surface area contributed by atoms with Crippen LogP contribution in [0.15, 0.2) is 30.6 Å². The first kappa shape index (κ1) is 12.3. The number of hydrogen-bond acceptors (Lipinski definition) is 3. The first-order chi connectivity index (χ1) is 8.65. The average Bonchev–Trinajstić information content (AvgIpc) is 2.83. The summed E-state index contributed by atoms with van der Waals surface area (Å²) >= 11 is 5.61. The second-order valence-electron chi connectivity index (χ2n) is 3.33. The molecule has 0 radical (unpaired) electrons. The third-order valence-corrected chi connectivity index (χ3v) is 2.32. The maximum atomic E-state index is 12.9. The number of rotatable bonds is 3. The number of aromatic amines is 1. The van der Waals surface area contributed by atoms with Gasteiger partial charge in [-0.25, -0.2) is 9.49 Å². The Bertz CT molecular complexity index is 583. The number of aromatic nitrogens is 3. The van der Waals surface area contributed by atoms with Crippen molar-refractivity contribution < 1.29 is 9.18 Å². The minimum absolute atomic E-state index is 0.00722. The van der Waals surface area contributed by atoms with Gasteiger partial charge in [0.25, 0.3) is 5.91 Å². The van der Waals surface area contributed by atoms with Crippen LogP contribution in [0.4, 0.5) is 10.3 Å². The highest BCUT2D eigenvalue weighted by molar-refractivity contribution is 6.30. The van der Waals surface area contributed by atoms with Gasteiger partial charge in [0.1, 0.15) is 12.1 Å². The van der Waals surface area contributed by atoms with E-state index in [4.69, 9.17) is 11.6 Å². The number of halogens is 2. The van der Waals surface area contributed by atoms with Crippen molar-refractivity contribution in [1.82, 2.24) is 15.2 Å². The summed E-state index contributed by atoms with van der Waals surface area (Å²) in [6.07, 6.45) is 4.07. The van der Waals surface area contributed by atoms with Crippen LogP contribution in [0, 0.1) is 5.82 Å². The van der Waals surface area contributed by atoms with Crippen molar-refractivity contribution in [1.29, 1.82) is 0 Å². The standard InChI is InChI=1S/C11H8ClFN4O/c12-8-5-7(1-3-9(8)13)2-4-10(18)16-11-14-6-15-17-11/h1-6H,(H2,14,15,16,17,18). The summed E-state index contributed by atoms with van der Waals surface area (Å²) in [6.45, 7) is 0. The fourth-order valence-electron chi connectivity index (χ4n) is 1.21. The third kappa shape index (κ3) is 3.14. The van der Waals surface area contributed by atoms with Crippen molar-refractivity contribution in [3.8, 4) is 0 Å². The van der Waals surface area contributed by atoms with Crippen molar-refractivity contribution >= 4 is 29.5 Å². The number of nitrogens with zero attached hydrogens (tertiary/aromatic N) is 2. The van der Waals surface area contributed by atoms with Gasteiger partial charge < -0.3 is 0 Å². The molecule has 2 rings (SSSR count). The lowest BCUT2D eigenvalue weighted by Gasteiger charge is -1.97. The number of benzene rings is 1. The van der Waals surface area contributed by atoms with Crippen LogP contribution in [0.3, 0.4) is 0 Å². The molecule has 0 aliphatic carbocycles. The molecule has 0 saturated heterocycles. The Labute approximate surface area is 107 Å². The van der Waals surface area contributed by atoms with E-state index in [-0.39, 0.29) is 16.9 Å². The number of carbonyl (C=O) groups is 1. The molecule has 0 atom stereocenters. The van der Waals surface area contributed by atoms with Gasteiger partial charge in [0.2, 0.25) is 5.95 Å². The lowest BCUT2D eigenvalue weighted by molar-refractivity contribution is -0.111. The van der Waals surface area contributed by atoms with Crippen LogP contribution in [0.5, 0.6) is 0 Å². The largest absolute Gasteiger partial charge is 0.291 e. The summed E-state index contributed by atoms with van der Waals surface area (Å²) in [5.41, 5.74) is 0.620. The first-order valence-electron chi connectivity index (χ1n) is 4.94. The smallest absolute Gasteiger partial charge is 0.250 e. The molecule has 2 N–H and O–H groups in total. The van der Waals surface area contributed by atoms with Crippen molar-refractivity contribution in [3.63, 3.8) is 0 Å². The average molecular weight is 267 g/mol. The Morgan fingerprint density at radius 3 is 3.00 bits per heavy atom.